The first-order valence-corrected chi connectivity index (χ1v) is 8.54. The lowest BCUT2D eigenvalue weighted by Gasteiger charge is -2.13. The van der Waals surface area contributed by atoms with Gasteiger partial charge in [-0.2, -0.15) is 0 Å². The standard InChI is InChI=1S/C16H14BrNO3S/c1-10(14(19)11-5-7-12(17)8-6-11)21-16(20)13-4-3-9-18-15(13)22-2/h3-10H,1-2H3/t10-/m0/s1. The molecule has 0 bridgehead atoms. The van der Waals surface area contributed by atoms with Gasteiger partial charge in [-0.05, 0) is 37.4 Å². The lowest BCUT2D eigenvalue weighted by molar-refractivity contribution is 0.0314. The lowest BCUT2D eigenvalue weighted by atomic mass is 10.1. The summed E-state index contributed by atoms with van der Waals surface area (Å²) in [6.07, 6.45) is 2.58. The van der Waals surface area contributed by atoms with Crippen molar-refractivity contribution in [1.82, 2.24) is 4.98 Å². The topological polar surface area (TPSA) is 56.3 Å². The molecule has 0 spiro atoms. The molecule has 1 aromatic carbocycles. The van der Waals surface area contributed by atoms with Gasteiger partial charge in [-0.25, -0.2) is 9.78 Å². The Kier molecular flexibility index (Phi) is 5.74. The van der Waals surface area contributed by atoms with Crippen LogP contribution in [0.15, 0.2) is 52.1 Å². The highest BCUT2D eigenvalue weighted by molar-refractivity contribution is 9.10. The number of nitrogens with zero attached hydrogens (tertiary/aromatic N) is 1. The van der Waals surface area contributed by atoms with E-state index in [2.05, 4.69) is 20.9 Å². The van der Waals surface area contributed by atoms with Gasteiger partial charge in [-0.3, -0.25) is 4.79 Å². The zero-order valence-electron chi connectivity index (χ0n) is 12.1. The summed E-state index contributed by atoms with van der Waals surface area (Å²) in [6.45, 7) is 1.57. The Morgan fingerprint density at radius 1 is 1.23 bits per heavy atom. The van der Waals surface area contributed by atoms with Crippen molar-refractivity contribution in [3.63, 3.8) is 0 Å². The summed E-state index contributed by atoms with van der Waals surface area (Å²) in [5.41, 5.74) is 0.866. The van der Waals surface area contributed by atoms with E-state index in [1.807, 2.05) is 6.26 Å². The zero-order valence-corrected chi connectivity index (χ0v) is 14.5. The number of thioether (sulfide) groups is 1. The summed E-state index contributed by atoms with van der Waals surface area (Å²) in [6, 6.07) is 10.2. The molecule has 114 valence electrons. The quantitative estimate of drug-likeness (QED) is 0.446. The molecule has 2 aromatic rings. The van der Waals surface area contributed by atoms with Crippen molar-refractivity contribution in [3.8, 4) is 0 Å². The van der Waals surface area contributed by atoms with Crippen LogP contribution in [0.1, 0.15) is 27.6 Å². The summed E-state index contributed by atoms with van der Waals surface area (Å²) >= 11 is 4.67. The van der Waals surface area contributed by atoms with Crippen molar-refractivity contribution >= 4 is 39.4 Å². The number of carbonyl (C=O) groups excluding carboxylic acids is 2. The van der Waals surface area contributed by atoms with Crippen molar-refractivity contribution in [2.45, 2.75) is 18.1 Å². The summed E-state index contributed by atoms with van der Waals surface area (Å²) in [7, 11) is 0. The van der Waals surface area contributed by atoms with Gasteiger partial charge in [-0.1, -0.05) is 28.1 Å². The Morgan fingerprint density at radius 3 is 2.55 bits per heavy atom. The summed E-state index contributed by atoms with van der Waals surface area (Å²) < 4.78 is 6.15. The van der Waals surface area contributed by atoms with Crippen LogP contribution in [0.25, 0.3) is 0 Å². The molecule has 0 amide bonds. The van der Waals surface area contributed by atoms with Crippen LogP contribution in [-0.4, -0.2) is 29.1 Å². The number of halogens is 1. The second-order valence-electron chi connectivity index (χ2n) is 4.48. The molecule has 0 saturated carbocycles. The fourth-order valence-electron chi connectivity index (χ4n) is 1.84. The number of pyridine rings is 1. The molecule has 0 radical (unpaired) electrons. The van der Waals surface area contributed by atoms with Crippen LogP contribution in [0.2, 0.25) is 0 Å². The highest BCUT2D eigenvalue weighted by Gasteiger charge is 2.22. The summed E-state index contributed by atoms with van der Waals surface area (Å²) in [4.78, 5) is 28.6. The third-order valence-electron chi connectivity index (χ3n) is 2.97. The zero-order chi connectivity index (χ0) is 16.1. The average Bonchev–Trinajstić information content (AvgIpc) is 2.54. The lowest BCUT2D eigenvalue weighted by Crippen LogP contribution is -2.24. The van der Waals surface area contributed by atoms with E-state index >= 15 is 0 Å². The van der Waals surface area contributed by atoms with Gasteiger partial charge in [0.25, 0.3) is 0 Å². The first-order chi connectivity index (χ1) is 10.5. The normalized spacial score (nSPS) is 11.8. The Morgan fingerprint density at radius 2 is 1.91 bits per heavy atom. The van der Waals surface area contributed by atoms with Crippen LogP contribution < -0.4 is 0 Å². The van der Waals surface area contributed by atoms with Crippen molar-refractivity contribution in [1.29, 1.82) is 0 Å². The van der Waals surface area contributed by atoms with Gasteiger partial charge in [0.2, 0.25) is 5.78 Å². The van der Waals surface area contributed by atoms with Crippen LogP contribution >= 0.6 is 27.7 Å². The molecule has 4 nitrogen and oxygen atoms in total. The number of esters is 1. The van der Waals surface area contributed by atoms with E-state index in [0.717, 1.165) is 4.47 Å². The smallest absolute Gasteiger partial charge is 0.341 e. The number of aromatic nitrogens is 1. The third kappa shape index (κ3) is 3.96. The molecule has 0 aliphatic rings. The molecule has 6 heteroatoms. The molecule has 0 N–H and O–H groups in total. The van der Waals surface area contributed by atoms with Crippen molar-refractivity contribution in [2.24, 2.45) is 0 Å². The van der Waals surface area contributed by atoms with Crippen LogP contribution in [0, 0.1) is 0 Å². The number of carbonyl (C=O) groups is 2. The van der Waals surface area contributed by atoms with Crippen molar-refractivity contribution in [2.75, 3.05) is 6.26 Å². The molecule has 1 aromatic heterocycles. The number of benzene rings is 1. The van der Waals surface area contributed by atoms with E-state index in [0.29, 0.717) is 16.2 Å². The van der Waals surface area contributed by atoms with Gasteiger partial charge in [-0.15, -0.1) is 11.8 Å². The minimum absolute atomic E-state index is 0.240. The molecule has 0 fully saturated rings. The fourth-order valence-corrected chi connectivity index (χ4v) is 2.64. The second-order valence-corrected chi connectivity index (χ2v) is 6.19. The largest absolute Gasteiger partial charge is 0.451 e. The molecule has 0 aliphatic carbocycles. The molecule has 0 aliphatic heterocycles. The Bertz CT molecular complexity index is 688. The predicted octanol–water partition coefficient (Wildman–Crippen LogP) is 3.99. The molecule has 1 atom stereocenters. The number of rotatable bonds is 5. The maximum Gasteiger partial charge on any atom is 0.341 e. The maximum absolute atomic E-state index is 12.3. The minimum atomic E-state index is -0.858. The Hall–Kier alpha value is -1.66. The molecular weight excluding hydrogens is 366 g/mol. The summed E-state index contributed by atoms with van der Waals surface area (Å²) in [5.74, 6) is -0.786. The van der Waals surface area contributed by atoms with Crippen LogP contribution in [0.5, 0.6) is 0 Å². The van der Waals surface area contributed by atoms with Crippen molar-refractivity contribution < 1.29 is 14.3 Å². The molecule has 22 heavy (non-hydrogen) atoms. The number of ketones is 1. The van der Waals surface area contributed by atoms with E-state index in [9.17, 15) is 9.59 Å². The first kappa shape index (κ1) is 16.7. The third-order valence-corrected chi connectivity index (χ3v) is 4.21. The van der Waals surface area contributed by atoms with E-state index in [-0.39, 0.29) is 5.78 Å². The average molecular weight is 380 g/mol. The van der Waals surface area contributed by atoms with E-state index in [4.69, 9.17) is 4.74 Å². The van der Waals surface area contributed by atoms with Gasteiger partial charge >= 0.3 is 5.97 Å². The molecule has 2 rings (SSSR count). The molecule has 0 unspecified atom stereocenters. The monoisotopic (exact) mass is 379 g/mol. The Labute approximate surface area is 141 Å². The number of ether oxygens (including phenoxy) is 1. The Balaban J connectivity index is 2.11. The maximum atomic E-state index is 12.3. The summed E-state index contributed by atoms with van der Waals surface area (Å²) in [5, 5.41) is 0.579. The second kappa shape index (κ2) is 7.56. The van der Waals surface area contributed by atoms with E-state index in [1.54, 1.807) is 49.5 Å². The highest BCUT2D eigenvalue weighted by Crippen LogP contribution is 2.19. The molecule has 0 saturated heterocycles. The van der Waals surface area contributed by atoms with Gasteiger partial charge < -0.3 is 4.74 Å². The minimum Gasteiger partial charge on any atom is -0.451 e. The predicted molar refractivity (Wildman–Crippen MR) is 89.4 cm³/mol. The molecule has 1 heterocycles. The SMILES string of the molecule is CSc1ncccc1C(=O)O[C@@H](C)C(=O)c1ccc(Br)cc1. The van der Waals surface area contributed by atoms with Gasteiger partial charge in [0.1, 0.15) is 5.03 Å². The number of Topliss-reactive ketones (excluding diaryl/α,β-unsaturated/α-hetero) is 1. The van der Waals surface area contributed by atoms with Crippen LogP contribution in [0.4, 0.5) is 0 Å². The van der Waals surface area contributed by atoms with Gasteiger partial charge in [0.15, 0.2) is 6.10 Å². The van der Waals surface area contributed by atoms with E-state index in [1.165, 1.54) is 11.8 Å². The number of hydrogen-bond acceptors (Lipinski definition) is 5. The molecular formula is C16H14BrNO3S. The van der Waals surface area contributed by atoms with Crippen LogP contribution in [0.3, 0.4) is 0 Å². The first-order valence-electron chi connectivity index (χ1n) is 6.52. The van der Waals surface area contributed by atoms with E-state index < -0.39 is 12.1 Å². The van der Waals surface area contributed by atoms with Gasteiger partial charge in [0, 0.05) is 16.2 Å². The highest BCUT2D eigenvalue weighted by atomic mass is 79.9. The van der Waals surface area contributed by atoms with Crippen molar-refractivity contribution in [3.05, 3.63) is 58.2 Å². The fraction of sp³-hybridized carbons (Fsp3) is 0.188. The van der Waals surface area contributed by atoms with Gasteiger partial charge in [0.05, 0.1) is 5.56 Å². The number of hydrogen-bond donors (Lipinski definition) is 0. The van der Waals surface area contributed by atoms with Crippen LogP contribution in [-0.2, 0) is 4.74 Å².